The van der Waals surface area contributed by atoms with Crippen molar-refractivity contribution in [2.24, 2.45) is 0 Å². The zero-order chi connectivity index (χ0) is 13.2. The van der Waals surface area contributed by atoms with Crippen molar-refractivity contribution in [3.63, 3.8) is 0 Å². The Morgan fingerprint density at radius 3 is 2.33 bits per heavy atom. The zero-order valence-electron chi connectivity index (χ0n) is 9.07. The fourth-order valence-corrected chi connectivity index (χ4v) is 1.39. The molecule has 0 aliphatic carbocycles. The molecule has 0 fully saturated rings. The highest BCUT2D eigenvalue weighted by atomic mass is 19.4. The van der Waals surface area contributed by atoms with E-state index in [-0.39, 0.29) is 17.3 Å². The van der Waals surface area contributed by atoms with Gasteiger partial charge in [0.25, 0.3) is 0 Å². The first-order chi connectivity index (χ1) is 8.47. The molecule has 1 aromatic carbocycles. The minimum absolute atomic E-state index is 0.0796. The van der Waals surface area contributed by atoms with E-state index in [0.29, 0.717) is 0 Å². The van der Waals surface area contributed by atoms with Gasteiger partial charge in [0.05, 0.1) is 11.3 Å². The number of nitrogen functional groups attached to an aromatic ring is 1. The van der Waals surface area contributed by atoms with Gasteiger partial charge in [-0.2, -0.15) is 13.2 Å². The highest BCUT2D eigenvalue weighted by molar-refractivity contribution is 5.61. The summed E-state index contributed by atoms with van der Waals surface area (Å²) in [5.74, 6) is 0.394. The molecule has 0 spiro atoms. The van der Waals surface area contributed by atoms with Gasteiger partial charge in [0.1, 0.15) is 5.82 Å². The van der Waals surface area contributed by atoms with Gasteiger partial charge >= 0.3 is 6.18 Å². The number of nitrogens with zero attached hydrogens (tertiary/aromatic N) is 2. The number of rotatable bonds is 2. The van der Waals surface area contributed by atoms with Crippen molar-refractivity contribution in [3.05, 3.63) is 42.0 Å². The first kappa shape index (κ1) is 12.2. The van der Waals surface area contributed by atoms with Gasteiger partial charge < -0.3 is 11.1 Å². The van der Waals surface area contributed by atoms with Crippen LogP contribution < -0.4 is 11.1 Å². The number of halogens is 3. The van der Waals surface area contributed by atoms with E-state index in [1.165, 1.54) is 30.3 Å². The molecule has 4 nitrogen and oxygen atoms in total. The summed E-state index contributed by atoms with van der Waals surface area (Å²) in [5.41, 5.74) is 4.50. The molecule has 2 rings (SSSR count). The number of hydrogen-bond donors (Lipinski definition) is 2. The van der Waals surface area contributed by atoms with Gasteiger partial charge in [-0.25, -0.2) is 0 Å². The summed E-state index contributed by atoms with van der Waals surface area (Å²) in [6, 6.07) is 8.04. The van der Waals surface area contributed by atoms with Gasteiger partial charge in [0.15, 0.2) is 5.82 Å². The average molecular weight is 254 g/mol. The first-order valence-electron chi connectivity index (χ1n) is 4.99. The lowest BCUT2D eigenvalue weighted by molar-refractivity contribution is -0.136. The molecule has 0 bridgehead atoms. The Kier molecular flexibility index (Phi) is 3.05. The molecule has 7 heteroatoms. The number of aromatic nitrogens is 2. The molecule has 18 heavy (non-hydrogen) atoms. The zero-order valence-corrected chi connectivity index (χ0v) is 9.07. The van der Waals surface area contributed by atoms with Crippen molar-refractivity contribution in [2.45, 2.75) is 6.18 Å². The van der Waals surface area contributed by atoms with Gasteiger partial charge in [-0.05, 0) is 24.3 Å². The molecule has 0 unspecified atom stereocenters. The maximum absolute atomic E-state index is 12.7. The second kappa shape index (κ2) is 4.52. The molecule has 0 aliphatic heterocycles. The van der Waals surface area contributed by atoms with Crippen LogP contribution in [-0.4, -0.2) is 10.2 Å². The van der Waals surface area contributed by atoms with Gasteiger partial charge in [-0.1, -0.05) is 12.1 Å². The maximum atomic E-state index is 12.7. The lowest BCUT2D eigenvalue weighted by Gasteiger charge is -2.13. The van der Waals surface area contributed by atoms with E-state index >= 15 is 0 Å². The smallest absolute Gasteiger partial charge is 0.382 e. The Bertz CT molecular complexity index is 537. The van der Waals surface area contributed by atoms with E-state index in [1.807, 2.05) is 0 Å². The van der Waals surface area contributed by atoms with Gasteiger partial charge in [-0.15, -0.1) is 10.2 Å². The van der Waals surface area contributed by atoms with Crippen LogP contribution in [0.3, 0.4) is 0 Å². The van der Waals surface area contributed by atoms with Crippen molar-refractivity contribution < 1.29 is 13.2 Å². The Hall–Kier alpha value is -2.31. The SMILES string of the molecule is Nc1ccc(Nc2ccccc2C(F)(F)F)nn1. The number of hydrogen-bond acceptors (Lipinski definition) is 4. The van der Waals surface area contributed by atoms with Crippen molar-refractivity contribution in [3.8, 4) is 0 Å². The van der Waals surface area contributed by atoms with Gasteiger partial charge in [0, 0.05) is 0 Å². The predicted molar refractivity (Wildman–Crippen MR) is 61.2 cm³/mol. The molecular weight excluding hydrogens is 245 g/mol. The van der Waals surface area contributed by atoms with Crippen LogP contribution >= 0.6 is 0 Å². The van der Waals surface area contributed by atoms with Crippen LogP contribution in [0.25, 0.3) is 0 Å². The van der Waals surface area contributed by atoms with Crippen LogP contribution in [0.4, 0.5) is 30.5 Å². The molecule has 0 saturated carbocycles. The van der Waals surface area contributed by atoms with Crippen LogP contribution in [0.1, 0.15) is 5.56 Å². The Morgan fingerprint density at radius 1 is 1.00 bits per heavy atom. The van der Waals surface area contributed by atoms with Gasteiger partial charge in [-0.3, -0.25) is 0 Å². The standard InChI is InChI=1S/C11H9F3N4/c12-11(13,14)7-3-1-2-4-8(7)16-10-6-5-9(15)17-18-10/h1-6H,(H2,15,17)(H,16,18). The number of nitrogens with two attached hydrogens (primary N) is 1. The van der Waals surface area contributed by atoms with Crippen LogP contribution in [0.2, 0.25) is 0 Å². The van der Waals surface area contributed by atoms with Crippen LogP contribution in [0.15, 0.2) is 36.4 Å². The molecule has 2 aromatic rings. The van der Waals surface area contributed by atoms with Gasteiger partial charge in [0.2, 0.25) is 0 Å². The minimum atomic E-state index is -4.43. The van der Waals surface area contributed by atoms with Crippen LogP contribution in [-0.2, 0) is 6.18 Å². The fraction of sp³-hybridized carbons (Fsp3) is 0.0909. The fourth-order valence-electron chi connectivity index (χ4n) is 1.39. The lowest BCUT2D eigenvalue weighted by Crippen LogP contribution is -2.09. The Morgan fingerprint density at radius 2 is 1.72 bits per heavy atom. The molecule has 94 valence electrons. The predicted octanol–water partition coefficient (Wildman–Crippen LogP) is 2.82. The number of benzene rings is 1. The third-order valence-corrected chi connectivity index (χ3v) is 2.18. The maximum Gasteiger partial charge on any atom is 0.418 e. The van der Waals surface area contributed by atoms with Crippen molar-refractivity contribution in [1.82, 2.24) is 10.2 Å². The topological polar surface area (TPSA) is 63.8 Å². The summed E-state index contributed by atoms with van der Waals surface area (Å²) < 4.78 is 38.2. The highest BCUT2D eigenvalue weighted by Gasteiger charge is 2.33. The van der Waals surface area contributed by atoms with E-state index in [1.54, 1.807) is 0 Å². The number of anilines is 3. The summed E-state index contributed by atoms with van der Waals surface area (Å²) in [5, 5.41) is 9.75. The average Bonchev–Trinajstić information content (AvgIpc) is 2.31. The molecule has 0 atom stereocenters. The van der Waals surface area contributed by atoms with E-state index in [9.17, 15) is 13.2 Å². The van der Waals surface area contributed by atoms with E-state index < -0.39 is 11.7 Å². The summed E-state index contributed by atoms with van der Waals surface area (Å²) in [6.45, 7) is 0. The second-order valence-corrected chi connectivity index (χ2v) is 3.51. The summed E-state index contributed by atoms with van der Waals surface area (Å²) >= 11 is 0. The Labute approximate surface area is 101 Å². The molecule has 0 radical (unpaired) electrons. The summed E-state index contributed by atoms with van der Waals surface area (Å²) in [6.07, 6.45) is -4.43. The number of para-hydroxylation sites is 1. The molecule has 1 heterocycles. The number of alkyl halides is 3. The van der Waals surface area contributed by atoms with E-state index in [4.69, 9.17) is 5.73 Å². The largest absolute Gasteiger partial charge is 0.418 e. The third kappa shape index (κ3) is 2.68. The lowest BCUT2D eigenvalue weighted by atomic mass is 10.1. The van der Waals surface area contributed by atoms with E-state index in [2.05, 4.69) is 15.5 Å². The highest BCUT2D eigenvalue weighted by Crippen LogP contribution is 2.35. The molecule has 3 N–H and O–H groups in total. The molecule has 0 amide bonds. The summed E-state index contributed by atoms with van der Waals surface area (Å²) in [7, 11) is 0. The van der Waals surface area contributed by atoms with Crippen LogP contribution in [0.5, 0.6) is 0 Å². The molecule has 0 aliphatic rings. The molecule has 1 aromatic heterocycles. The van der Waals surface area contributed by atoms with Crippen LogP contribution in [0, 0.1) is 0 Å². The number of nitrogens with one attached hydrogen (secondary N) is 1. The monoisotopic (exact) mass is 254 g/mol. The second-order valence-electron chi connectivity index (χ2n) is 3.51. The Balaban J connectivity index is 2.32. The van der Waals surface area contributed by atoms with Crippen molar-refractivity contribution in [2.75, 3.05) is 11.1 Å². The first-order valence-corrected chi connectivity index (χ1v) is 4.99. The van der Waals surface area contributed by atoms with E-state index in [0.717, 1.165) is 6.07 Å². The van der Waals surface area contributed by atoms with Crippen molar-refractivity contribution in [1.29, 1.82) is 0 Å². The minimum Gasteiger partial charge on any atom is -0.382 e. The normalized spacial score (nSPS) is 11.3. The molecular formula is C11H9F3N4. The quantitative estimate of drug-likeness (QED) is 0.864. The summed E-state index contributed by atoms with van der Waals surface area (Å²) in [4.78, 5) is 0. The third-order valence-electron chi connectivity index (χ3n) is 2.18. The van der Waals surface area contributed by atoms with Crippen molar-refractivity contribution >= 4 is 17.3 Å². The molecule has 0 saturated heterocycles.